The molecule has 0 aromatic heterocycles. The third-order valence-electron chi connectivity index (χ3n) is 3.36. The van der Waals surface area contributed by atoms with Gasteiger partial charge in [-0.15, -0.1) is 0 Å². The van der Waals surface area contributed by atoms with Gasteiger partial charge in [-0.3, -0.25) is 4.90 Å². The first-order chi connectivity index (χ1) is 7.69. The molecule has 1 unspecified atom stereocenters. The molecule has 2 rings (SSSR count). The largest absolute Gasteiger partial charge is 0.378 e. The van der Waals surface area contributed by atoms with Crippen LogP contribution in [-0.2, 0) is 10.3 Å². The van der Waals surface area contributed by atoms with Gasteiger partial charge in [-0.05, 0) is 24.7 Å². The summed E-state index contributed by atoms with van der Waals surface area (Å²) in [4.78, 5) is 2.26. The molecular formula is C12H17ClN2O. The molecule has 4 heteroatoms. The molecule has 0 spiro atoms. The SMILES string of the molecule is CN1CCOCC1(CN)c1ccc(Cl)cc1. The molecule has 16 heavy (non-hydrogen) atoms. The second kappa shape index (κ2) is 4.72. The Hall–Kier alpha value is -0.610. The van der Waals surface area contributed by atoms with Crippen molar-refractivity contribution < 1.29 is 4.74 Å². The van der Waals surface area contributed by atoms with Crippen molar-refractivity contribution >= 4 is 11.6 Å². The van der Waals surface area contributed by atoms with Crippen LogP contribution in [0.25, 0.3) is 0 Å². The van der Waals surface area contributed by atoms with Gasteiger partial charge in [0, 0.05) is 18.1 Å². The molecule has 0 amide bonds. The minimum Gasteiger partial charge on any atom is -0.378 e. The highest BCUT2D eigenvalue weighted by atomic mass is 35.5. The van der Waals surface area contributed by atoms with E-state index in [1.54, 1.807) is 0 Å². The molecule has 88 valence electrons. The maximum atomic E-state index is 5.94. The number of rotatable bonds is 2. The van der Waals surface area contributed by atoms with Crippen molar-refractivity contribution in [2.24, 2.45) is 5.73 Å². The van der Waals surface area contributed by atoms with E-state index in [1.807, 2.05) is 24.3 Å². The van der Waals surface area contributed by atoms with Crippen LogP contribution in [0.2, 0.25) is 5.02 Å². The van der Waals surface area contributed by atoms with Crippen molar-refractivity contribution in [2.75, 3.05) is 33.4 Å². The Bertz CT molecular complexity index is 355. The molecule has 1 heterocycles. The van der Waals surface area contributed by atoms with Gasteiger partial charge in [0.15, 0.2) is 0 Å². The lowest BCUT2D eigenvalue weighted by atomic mass is 9.88. The second-order valence-electron chi connectivity index (χ2n) is 4.22. The lowest BCUT2D eigenvalue weighted by molar-refractivity contribution is -0.0549. The lowest BCUT2D eigenvalue weighted by Gasteiger charge is -2.44. The van der Waals surface area contributed by atoms with Gasteiger partial charge in [0.1, 0.15) is 0 Å². The van der Waals surface area contributed by atoms with Crippen LogP contribution in [0.5, 0.6) is 0 Å². The third kappa shape index (κ3) is 1.96. The molecule has 1 saturated heterocycles. The fraction of sp³-hybridized carbons (Fsp3) is 0.500. The third-order valence-corrected chi connectivity index (χ3v) is 3.61. The fourth-order valence-corrected chi connectivity index (χ4v) is 2.29. The van der Waals surface area contributed by atoms with Crippen LogP contribution in [0.4, 0.5) is 0 Å². The topological polar surface area (TPSA) is 38.5 Å². The van der Waals surface area contributed by atoms with Crippen LogP contribution in [0, 0.1) is 0 Å². The van der Waals surface area contributed by atoms with E-state index in [-0.39, 0.29) is 5.54 Å². The summed E-state index contributed by atoms with van der Waals surface area (Å²) in [6.45, 7) is 2.86. The number of nitrogens with zero attached hydrogens (tertiary/aromatic N) is 1. The van der Waals surface area contributed by atoms with Gasteiger partial charge in [-0.2, -0.15) is 0 Å². The summed E-state index contributed by atoms with van der Waals surface area (Å²) in [6.07, 6.45) is 0. The molecule has 0 bridgehead atoms. The standard InChI is InChI=1S/C12H17ClN2O/c1-15-6-7-16-9-12(15,8-14)10-2-4-11(13)5-3-10/h2-5H,6-9,14H2,1H3. The summed E-state index contributed by atoms with van der Waals surface area (Å²) in [5, 5.41) is 0.746. The van der Waals surface area contributed by atoms with E-state index < -0.39 is 0 Å². The van der Waals surface area contributed by atoms with Crippen LogP contribution in [0.15, 0.2) is 24.3 Å². The summed E-state index contributed by atoms with van der Waals surface area (Å²) in [5.41, 5.74) is 6.91. The number of halogens is 1. The molecule has 1 atom stereocenters. The Morgan fingerprint density at radius 1 is 1.44 bits per heavy atom. The highest BCUT2D eigenvalue weighted by molar-refractivity contribution is 6.30. The van der Waals surface area contributed by atoms with Crippen LogP contribution < -0.4 is 5.73 Å². The van der Waals surface area contributed by atoms with E-state index in [2.05, 4.69) is 11.9 Å². The second-order valence-corrected chi connectivity index (χ2v) is 4.65. The van der Waals surface area contributed by atoms with Gasteiger partial charge in [0.05, 0.1) is 18.8 Å². The number of benzene rings is 1. The first-order valence-electron chi connectivity index (χ1n) is 5.44. The van der Waals surface area contributed by atoms with Crippen molar-refractivity contribution in [3.63, 3.8) is 0 Å². The van der Waals surface area contributed by atoms with Crippen molar-refractivity contribution in [3.8, 4) is 0 Å². The van der Waals surface area contributed by atoms with E-state index in [9.17, 15) is 0 Å². The lowest BCUT2D eigenvalue weighted by Crippen LogP contribution is -2.56. The normalized spacial score (nSPS) is 26.9. The number of hydrogen-bond donors (Lipinski definition) is 1. The van der Waals surface area contributed by atoms with E-state index in [1.165, 1.54) is 5.56 Å². The van der Waals surface area contributed by atoms with Crippen LogP contribution >= 0.6 is 11.6 Å². The van der Waals surface area contributed by atoms with E-state index >= 15 is 0 Å². The molecule has 0 saturated carbocycles. The van der Waals surface area contributed by atoms with Crippen LogP contribution in [-0.4, -0.2) is 38.3 Å². The molecule has 3 nitrogen and oxygen atoms in total. The monoisotopic (exact) mass is 240 g/mol. The minimum absolute atomic E-state index is 0.206. The Morgan fingerprint density at radius 2 is 2.12 bits per heavy atom. The van der Waals surface area contributed by atoms with Gasteiger partial charge < -0.3 is 10.5 Å². The van der Waals surface area contributed by atoms with Gasteiger partial charge in [0.2, 0.25) is 0 Å². The molecule has 0 aliphatic carbocycles. The van der Waals surface area contributed by atoms with Crippen LogP contribution in [0.1, 0.15) is 5.56 Å². The predicted octanol–water partition coefficient (Wildman–Crippen LogP) is 1.46. The summed E-state index contributed by atoms with van der Waals surface area (Å²) in [7, 11) is 2.09. The maximum absolute atomic E-state index is 5.94. The Labute approximate surface area is 101 Å². The van der Waals surface area contributed by atoms with Gasteiger partial charge in [-0.1, -0.05) is 23.7 Å². The average Bonchev–Trinajstić information content (AvgIpc) is 2.31. The molecular weight excluding hydrogens is 224 g/mol. The van der Waals surface area contributed by atoms with E-state index in [4.69, 9.17) is 22.1 Å². The van der Waals surface area contributed by atoms with Crippen LogP contribution in [0.3, 0.4) is 0 Å². The molecule has 0 radical (unpaired) electrons. The molecule has 1 aliphatic heterocycles. The quantitative estimate of drug-likeness (QED) is 0.851. The average molecular weight is 241 g/mol. The minimum atomic E-state index is -0.206. The Balaban J connectivity index is 2.36. The van der Waals surface area contributed by atoms with Gasteiger partial charge in [-0.25, -0.2) is 0 Å². The molecule has 1 aromatic carbocycles. The van der Waals surface area contributed by atoms with E-state index in [0.29, 0.717) is 13.2 Å². The van der Waals surface area contributed by atoms with Gasteiger partial charge >= 0.3 is 0 Å². The zero-order valence-corrected chi connectivity index (χ0v) is 10.2. The van der Waals surface area contributed by atoms with Gasteiger partial charge in [0.25, 0.3) is 0 Å². The van der Waals surface area contributed by atoms with Crippen molar-refractivity contribution in [3.05, 3.63) is 34.9 Å². The first kappa shape index (κ1) is 11.9. The number of morpholine rings is 1. The van der Waals surface area contributed by atoms with Crippen molar-refractivity contribution in [2.45, 2.75) is 5.54 Å². The highest BCUT2D eigenvalue weighted by Crippen LogP contribution is 2.30. The number of likely N-dealkylation sites (N-methyl/N-ethyl adjacent to an activating group) is 1. The number of hydrogen-bond acceptors (Lipinski definition) is 3. The Kier molecular flexibility index (Phi) is 3.50. The molecule has 2 N–H and O–H groups in total. The van der Waals surface area contributed by atoms with E-state index in [0.717, 1.165) is 18.2 Å². The number of ether oxygens (including phenoxy) is 1. The van der Waals surface area contributed by atoms with Crippen molar-refractivity contribution in [1.29, 1.82) is 0 Å². The highest BCUT2D eigenvalue weighted by Gasteiger charge is 2.37. The molecule has 1 aliphatic rings. The summed E-state index contributed by atoms with van der Waals surface area (Å²) < 4.78 is 5.58. The summed E-state index contributed by atoms with van der Waals surface area (Å²) in [6, 6.07) is 7.86. The Morgan fingerprint density at radius 3 is 2.69 bits per heavy atom. The molecule has 1 aromatic rings. The molecule has 1 fully saturated rings. The fourth-order valence-electron chi connectivity index (χ4n) is 2.16. The zero-order valence-electron chi connectivity index (χ0n) is 9.45. The maximum Gasteiger partial charge on any atom is 0.0819 e. The summed E-state index contributed by atoms with van der Waals surface area (Å²) >= 11 is 5.90. The summed E-state index contributed by atoms with van der Waals surface area (Å²) in [5.74, 6) is 0. The van der Waals surface area contributed by atoms with Crippen molar-refractivity contribution in [1.82, 2.24) is 4.90 Å². The predicted molar refractivity (Wildman–Crippen MR) is 65.6 cm³/mol. The number of nitrogens with two attached hydrogens (primary N) is 1. The first-order valence-corrected chi connectivity index (χ1v) is 5.82. The zero-order chi connectivity index (χ0) is 11.6. The smallest absolute Gasteiger partial charge is 0.0819 e.